The van der Waals surface area contributed by atoms with Crippen LogP contribution in [0.5, 0.6) is 0 Å². The Hall–Kier alpha value is -0.920. The highest BCUT2D eigenvalue weighted by Gasteiger charge is 2.08. The van der Waals surface area contributed by atoms with Gasteiger partial charge in [-0.2, -0.15) is 0 Å². The van der Waals surface area contributed by atoms with E-state index in [1.54, 1.807) is 0 Å². The summed E-state index contributed by atoms with van der Waals surface area (Å²) in [5.74, 6) is 0.265. The van der Waals surface area contributed by atoms with Crippen LogP contribution in [0.15, 0.2) is 11.6 Å². The molecular formula is C14H23O2. The molecule has 0 aliphatic heterocycles. The van der Waals surface area contributed by atoms with Crippen molar-refractivity contribution in [3.63, 3.8) is 0 Å². The SMILES string of the molecule is CC/C=C(\CCC[C]=O)C(=O)CCCCC. The summed E-state index contributed by atoms with van der Waals surface area (Å²) in [6.45, 7) is 4.17. The zero-order valence-electron chi connectivity index (χ0n) is 10.6. The van der Waals surface area contributed by atoms with E-state index in [0.717, 1.165) is 44.1 Å². The predicted molar refractivity (Wildman–Crippen MR) is 67.1 cm³/mol. The van der Waals surface area contributed by atoms with Crippen LogP contribution in [-0.4, -0.2) is 12.1 Å². The Morgan fingerprint density at radius 2 is 1.88 bits per heavy atom. The van der Waals surface area contributed by atoms with Gasteiger partial charge in [0.25, 0.3) is 0 Å². The van der Waals surface area contributed by atoms with Crippen LogP contribution >= 0.6 is 0 Å². The van der Waals surface area contributed by atoms with Crippen molar-refractivity contribution in [1.82, 2.24) is 0 Å². The molecule has 0 N–H and O–H groups in total. The van der Waals surface area contributed by atoms with Crippen molar-refractivity contribution in [3.05, 3.63) is 11.6 Å². The Morgan fingerprint density at radius 3 is 2.44 bits per heavy atom. The number of hydrogen-bond acceptors (Lipinski definition) is 2. The Kier molecular flexibility index (Phi) is 9.98. The molecule has 0 aliphatic carbocycles. The Balaban J connectivity index is 4.03. The van der Waals surface area contributed by atoms with Crippen LogP contribution < -0.4 is 0 Å². The number of carbonyl (C=O) groups is 1. The van der Waals surface area contributed by atoms with E-state index in [4.69, 9.17) is 0 Å². The molecule has 16 heavy (non-hydrogen) atoms. The van der Waals surface area contributed by atoms with Crippen molar-refractivity contribution in [2.45, 2.75) is 65.2 Å². The first kappa shape index (κ1) is 15.1. The van der Waals surface area contributed by atoms with E-state index in [1.807, 2.05) is 19.3 Å². The summed E-state index contributed by atoms with van der Waals surface area (Å²) in [5.41, 5.74) is 0.911. The molecule has 0 aliphatic rings. The van der Waals surface area contributed by atoms with E-state index in [0.29, 0.717) is 12.8 Å². The maximum atomic E-state index is 11.8. The molecule has 0 atom stereocenters. The lowest BCUT2D eigenvalue weighted by molar-refractivity contribution is -0.115. The summed E-state index contributed by atoms with van der Waals surface area (Å²) in [7, 11) is 0. The number of unbranched alkanes of at least 4 members (excludes halogenated alkanes) is 3. The van der Waals surface area contributed by atoms with E-state index in [1.165, 1.54) is 0 Å². The maximum absolute atomic E-state index is 11.8. The number of allylic oxidation sites excluding steroid dienone is 2. The number of carbonyl (C=O) groups excluding carboxylic acids is 2. The summed E-state index contributed by atoms with van der Waals surface area (Å²) in [6.07, 6.45) is 10.6. The Bertz CT molecular complexity index is 229. The first-order valence-corrected chi connectivity index (χ1v) is 6.33. The fourth-order valence-corrected chi connectivity index (χ4v) is 1.65. The standard InChI is InChI=1S/C14H23O2/c1-3-5-6-11-14(16)13(9-4-2)10-7-8-12-15/h9H,3-8,10-11H2,1-2H3/b13-9+. The molecule has 0 rings (SSSR count). The second-order valence-corrected chi connectivity index (χ2v) is 4.02. The molecule has 2 heteroatoms. The Morgan fingerprint density at radius 1 is 1.12 bits per heavy atom. The summed E-state index contributed by atoms with van der Waals surface area (Å²) in [4.78, 5) is 21.9. The van der Waals surface area contributed by atoms with Crippen LogP contribution in [0.4, 0.5) is 0 Å². The van der Waals surface area contributed by atoms with Crippen molar-refractivity contribution in [3.8, 4) is 0 Å². The molecule has 91 valence electrons. The van der Waals surface area contributed by atoms with Crippen LogP contribution in [0.1, 0.15) is 65.2 Å². The maximum Gasteiger partial charge on any atom is 0.198 e. The molecule has 0 unspecified atom stereocenters. The van der Waals surface area contributed by atoms with Crippen molar-refractivity contribution < 1.29 is 9.59 Å². The van der Waals surface area contributed by atoms with Crippen molar-refractivity contribution in [2.75, 3.05) is 0 Å². The van der Waals surface area contributed by atoms with Crippen LogP contribution in [0.2, 0.25) is 0 Å². The van der Waals surface area contributed by atoms with Gasteiger partial charge in [0.1, 0.15) is 0 Å². The van der Waals surface area contributed by atoms with Gasteiger partial charge >= 0.3 is 0 Å². The highest BCUT2D eigenvalue weighted by atomic mass is 16.1. The van der Waals surface area contributed by atoms with Gasteiger partial charge in [0.15, 0.2) is 12.1 Å². The second kappa shape index (κ2) is 10.6. The van der Waals surface area contributed by atoms with Crippen molar-refractivity contribution in [1.29, 1.82) is 0 Å². The lowest BCUT2D eigenvalue weighted by Crippen LogP contribution is -2.03. The summed E-state index contributed by atoms with van der Waals surface area (Å²) < 4.78 is 0. The van der Waals surface area contributed by atoms with Crippen molar-refractivity contribution >= 4 is 12.1 Å². The molecule has 0 saturated heterocycles. The number of ketones is 1. The molecular weight excluding hydrogens is 200 g/mol. The quantitative estimate of drug-likeness (QED) is 0.417. The van der Waals surface area contributed by atoms with Crippen LogP contribution in [-0.2, 0) is 9.59 Å². The molecule has 2 nitrogen and oxygen atoms in total. The first-order valence-electron chi connectivity index (χ1n) is 6.33. The first-order chi connectivity index (χ1) is 7.76. The largest absolute Gasteiger partial charge is 0.295 e. The monoisotopic (exact) mass is 223 g/mol. The molecule has 0 spiro atoms. The van der Waals surface area contributed by atoms with E-state index in [9.17, 15) is 9.59 Å². The fraction of sp³-hybridized carbons (Fsp3) is 0.714. The molecule has 0 fully saturated rings. The van der Waals surface area contributed by atoms with Gasteiger partial charge in [-0.15, -0.1) is 0 Å². The third-order valence-corrected chi connectivity index (χ3v) is 2.54. The molecule has 0 aromatic rings. The van der Waals surface area contributed by atoms with E-state index >= 15 is 0 Å². The van der Waals surface area contributed by atoms with Gasteiger partial charge in [0, 0.05) is 12.8 Å². The normalized spacial score (nSPS) is 11.5. The minimum absolute atomic E-state index is 0.265. The predicted octanol–water partition coefficient (Wildman–Crippen LogP) is 3.75. The molecule has 0 aromatic heterocycles. The third kappa shape index (κ3) is 7.38. The average Bonchev–Trinajstić information content (AvgIpc) is 2.28. The average molecular weight is 223 g/mol. The van der Waals surface area contributed by atoms with Crippen LogP contribution in [0.25, 0.3) is 0 Å². The third-order valence-electron chi connectivity index (χ3n) is 2.54. The van der Waals surface area contributed by atoms with Gasteiger partial charge in [0.2, 0.25) is 0 Å². The molecule has 0 heterocycles. The Labute approximate surface area is 99.1 Å². The molecule has 0 aromatic carbocycles. The van der Waals surface area contributed by atoms with Crippen LogP contribution in [0.3, 0.4) is 0 Å². The number of hydrogen-bond donors (Lipinski definition) is 0. The number of Topliss-reactive ketones (excluding diaryl/α,β-unsaturated/α-hetero) is 1. The minimum Gasteiger partial charge on any atom is -0.295 e. The summed E-state index contributed by atoms with van der Waals surface area (Å²) in [5, 5.41) is 0. The molecule has 0 bridgehead atoms. The minimum atomic E-state index is 0.265. The number of rotatable bonds is 10. The topological polar surface area (TPSA) is 34.1 Å². The van der Waals surface area contributed by atoms with Gasteiger partial charge in [0.05, 0.1) is 0 Å². The van der Waals surface area contributed by atoms with Gasteiger partial charge in [-0.05, 0) is 31.3 Å². The zero-order chi connectivity index (χ0) is 12.2. The summed E-state index contributed by atoms with van der Waals surface area (Å²) in [6, 6.07) is 0. The summed E-state index contributed by atoms with van der Waals surface area (Å²) >= 11 is 0. The van der Waals surface area contributed by atoms with Crippen molar-refractivity contribution in [2.24, 2.45) is 0 Å². The fourth-order valence-electron chi connectivity index (χ4n) is 1.65. The van der Waals surface area contributed by atoms with Gasteiger partial charge in [-0.3, -0.25) is 9.59 Å². The lowest BCUT2D eigenvalue weighted by atomic mass is 9.99. The van der Waals surface area contributed by atoms with E-state index in [2.05, 4.69) is 6.92 Å². The van der Waals surface area contributed by atoms with E-state index < -0.39 is 0 Å². The highest BCUT2D eigenvalue weighted by molar-refractivity contribution is 5.95. The highest BCUT2D eigenvalue weighted by Crippen LogP contribution is 2.13. The van der Waals surface area contributed by atoms with Gasteiger partial charge in [-0.1, -0.05) is 32.8 Å². The van der Waals surface area contributed by atoms with Gasteiger partial charge < -0.3 is 0 Å². The van der Waals surface area contributed by atoms with E-state index in [-0.39, 0.29) is 5.78 Å². The zero-order valence-corrected chi connectivity index (χ0v) is 10.6. The molecule has 0 amide bonds. The van der Waals surface area contributed by atoms with Crippen LogP contribution in [0, 0.1) is 0 Å². The molecule has 1 radical (unpaired) electrons. The smallest absolute Gasteiger partial charge is 0.198 e. The lowest BCUT2D eigenvalue weighted by Gasteiger charge is -2.05. The second-order valence-electron chi connectivity index (χ2n) is 4.02. The van der Waals surface area contributed by atoms with Gasteiger partial charge in [-0.25, -0.2) is 0 Å². The molecule has 0 saturated carbocycles.